The molecule has 1 aromatic carbocycles. The van der Waals surface area contributed by atoms with Crippen LogP contribution in [0.3, 0.4) is 0 Å². The maximum absolute atomic E-state index is 12.2. The van der Waals surface area contributed by atoms with Crippen LogP contribution in [-0.2, 0) is 9.84 Å². The molecule has 1 fully saturated rings. The molecule has 1 aromatic rings. The predicted octanol–water partition coefficient (Wildman–Crippen LogP) is 2.06. The Hall–Kier alpha value is -1.54. The van der Waals surface area contributed by atoms with Crippen LogP contribution in [0.5, 0.6) is 0 Å². The highest BCUT2D eigenvalue weighted by molar-refractivity contribution is 8.15. The first-order valence-electron chi connectivity index (χ1n) is 8.34. The summed E-state index contributed by atoms with van der Waals surface area (Å²) < 4.78 is 23.3. The minimum Gasteiger partial charge on any atom is -0.352 e. The lowest BCUT2D eigenvalue weighted by Crippen LogP contribution is -2.27. The number of sulfone groups is 1. The van der Waals surface area contributed by atoms with Crippen molar-refractivity contribution in [3.8, 4) is 0 Å². The number of aliphatic imine (C=N–C) groups is 1. The first kappa shape index (κ1) is 18.3. The van der Waals surface area contributed by atoms with E-state index in [0.717, 1.165) is 16.4 Å². The number of thioether (sulfide) groups is 1. The van der Waals surface area contributed by atoms with E-state index < -0.39 is 9.84 Å². The third kappa shape index (κ3) is 4.36. The zero-order valence-corrected chi connectivity index (χ0v) is 16.2. The van der Waals surface area contributed by atoms with Crippen molar-refractivity contribution >= 4 is 38.4 Å². The molecule has 25 heavy (non-hydrogen) atoms. The second kappa shape index (κ2) is 6.99. The number of fused-ring (bicyclic) bond motifs is 1. The number of rotatable bonds is 4. The second-order valence-corrected chi connectivity index (χ2v) is 10.4. The number of amides is 1. The normalized spacial score (nSPS) is 24.1. The van der Waals surface area contributed by atoms with Crippen molar-refractivity contribution in [2.24, 2.45) is 10.9 Å². The molecule has 6 nitrogen and oxygen atoms in total. The van der Waals surface area contributed by atoms with E-state index in [0.29, 0.717) is 18.0 Å². The molecule has 2 atom stereocenters. The average Bonchev–Trinajstić information content (AvgIpc) is 2.99. The zero-order chi connectivity index (χ0) is 18.2. The first-order chi connectivity index (χ1) is 11.7. The molecule has 0 aliphatic carbocycles. The molecule has 2 aliphatic heterocycles. The van der Waals surface area contributed by atoms with Crippen LogP contribution in [0, 0.1) is 12.8 Å². The van der Waals surface area contributed by atoms with Crippen LogP contribution in [-0.4, -0.2) is 48.8 Å². The number of carbonyl (C=O) groups excluding carboxylic acids is 1. The van der Waals surface area contributed by atoms with E-state index in [2.05, 4.69) is 29.5 Å². The standard InChI is InChI=1S/C17H23N3O3S2/c1-10(2)7-18-16(21)12-5-4-11(3)13(6-12)19-17-20-14-8-25(22,23)9-15(14)24-17/h4-6,10,14-15H,7-9H2,1-3H3,(H,18,21)(H,19,20). The van der Waals surface area contributed by atoms with Gasteiger partial charge >= 0.3 is 0 Å². The topological polar surface area (TPSA) is 87.6 Å². The summed E-state index contributed by atoms with van der Waals surface area (Å²) in [4.78, 5) is 16.7. The molecule has 2 unspecified atom stereocenters. The number of carbonyl (C=O) groups is 1. The molecule has 2 heterocycles. The highest BCUT2D eigenvalue weighted by Gasteiger charge is 2.42. The Bertz CT molecular complexity index is 818. The van der Waals surface area contributed by atoms with Gasteiger partial charge in [-0.05, 0) is 30.5 Å². The number of hydrogen-bond donors (Lipinski definition) is 2. The molecule has 2 N–H and O–H groups in total. The molecule has 1 amide bonds. The van der Waals surface area contributed by atoms with E-state index in [1.807, 2.05) is 19.1 Å². The molecular formula is C17H23N3O3S2. The van der Waals surface area contributed by atoms with E-state index in [-0.39, 0.29) is 28.7 Å². The molecule has 0 saturated carbocycles. The summed E-state index contributed by atoms with van der Waals surface area (Å²) in [6, 6.07) is 5.37. The molecule has 0 bridgehead atoms. The first-order valence-corrected chi connectivity index (χ1v) is 11.0. The van der Waals surface area contributed by atoms with E-state index in [9.17, 15) is 13.2 Å². The van der Waals surface area contributed by atoms with E-state index in [1.165, 1.54) is 11.8 Å². The molecule has 1 saturated heterocycles. The smallest absolute Gasteiger partial charge is 0.251 e. The number of amidine groups is 1. The van der Waals surface area contributed by atoms with Crippen molar-refractivity contribution in [2.75, 3.05) is 23.4 Å². The average molecular weight is 382 g/mol. The Labute approximate surface area is 152 Å². The fraction of sp³-hybridized carbons (Fsp3) is 0.529. The van der Waals surface area contributed by atoms with E-state index in [1.54, 1.807) is 6.07 Å². The number of anilines is 1. The fourth-order valence-electron chi connectivity index (χ4n) is 2.83. The van der Waals surface area contributed by atoms with Crippen molar-refractivity contribution in [3.63, 3.8) is 0 Å². The minimum absolute atomic E-state index is 0.00493. The van der Waals surface area contributed by atoms with Crippen molar-refractivity contribution in [3.05, 3.63) is 29.3 Å². The van der Waals surface area contributed by atoms with Crippen LogP contribution in [0.1, 0.15) is 29.8 Å². The van der Waals surface area contributed by atoms with E-state index in [4.69, 9.17) is 0 Å². The van der Waals surface area contributed by atoms with Gasteiger partial charge in [0.15, 0.2) is 15.0 Å². The summed E-state index contributed by atoms with van der Waals surface area (Å²) in [6.07, 6.45) is 0. The maximum atomic E-state index is 12.2. The van der Waals surface area contributed by atoms with Gasteiger partial charge in [-0.25, -0.2) is 8.42 Å². The van der Waals surface area contributed by atoms with Crippen LogP contribution in [0.2, 0.25) is 0 Å². The third-order valence-corrected chi connectivity index (χ3v) is 7.37. The van der Waals surface area contributed by atoms with Gasteiger partial charge in [-0.1, -0.05) is 31.7 Å². The van der Waals surface area contributed by atoms with Crippen LogP contribution in [0.15, 0.2) is 23.2 Å². The van der Waals surface area contributed by atoms with Crippen LogP contribution < -0.4 is 10.6 Å². The van der Waals surface area contributed by atoms with Gasteiger partial charge in [-0.2, -0.15) is 0 Å². The molecule has 0 radical (unpaired) electrons. The lowest BCUT2D eigenvalue weighted by Gasteiger charge is -2.12. The van der Waals surface area contributed by atoms with Gasteiger partial charge in [-0.3, -0.25) is 9.79 Å². The number of benzene rings is 1. The monoisotopic (exact) mass is 381 g/mol. The van der Waals surface area contributed by atoms with Gasteiger partial charge in [0.1, 0.15) is 0 Å². The Morgan fingerprint density at radius 2 is 2.12 bits per heavy atom. The largest absolute Gasteiger partial charge is 0.352 e. The summed E-state index contributed by atoms with van der Waals surface area (Å²) in [7, 11) is -2.95. The highest BCUT2D eigenvalue weighted by atomic mass is 32.2. The number of nitrogens with one attached hydrogen (secondary N) is 2. The highest BCUT2D eigenvalue weighted by Crippen LogP contribution is 2.35. The third-order valence-electron chi connectivity index (χ3n) is 4.23. The molecular weight excluding hydrogens is 358 g/mol. The summed E-state index contributed by atoms with van der Waals surface area (Å²) in [5, 5.41) is 6.91. The number of hydrogen-bond acceptors (Lipinski definition) is 6. The van der Waals surface area contributed by atoms with Gasteiger partial charge in [0.25, 0.3) is 5.91 Å². The summed E-state index contributed by atoms with van der Waals surface area (Å²) in [5.41, 5.74) is 2.43. The fourth-order valence-corrected chi connectivity index (χ4v) is 6.50. The maximum Gasteiger partial charge on any atom is 0.251 e. The number of aryl methyl sites for hydroxylation is 1. The van der Waals surface area contributed by atoms with Gasteiger partial charge in [0, 0.05) is 23.0 Å². The lowest BCUT2D eigenvalue weighted by molar-refractivity contribution is 0.0949. The molecule has 8 heteroatoms. The quantitative estimate of drug-likeness (QED) is 0.834. The minimum atomic E-state index is -2.95. The van der Waals surface area contributed by atoms with Gasteiger partial charge < -0.3 is 10.6 Å². The van der Waals surface area contributed by atoms with Crippen LogP contribution in [0.25, 0.3) is 0 Å². The Morgan fingerprint density at radius 3 is 2.80 bits per heavy atom. The lowest BCUT2D eigenvalue weighted by atomic mass is 10.1. The molecule has 3 rings (SSSR count). The Balaban J connectivity index is 1.71. The molecule has 2 aliphatic rings. The van der Waals surface area contributed by atoms with Crippen LogP contribution in [0.4, 0.5) is 5.69 Å². The Morgan fingerprint density at radius 1 is 1.36 bits per heavy atom. The molecule has 0 spiro atoms. The van der Waals surface area contributed by atoms with Crippen molar-refractivity contribution in [2.45, 2.75) is 32.1 Å². The summed E-state index contributed by atoms with van der Waals surface area (Å²) >= 11 is 1.47. The Kier molecular flexibility index (Phi) is 5.11. The predicted molar refractivity (Wildman–Crippen MR) is 103 cm³/mol. The van der Waals surface area contributed by atoms with Gasteiger partial charge in [-0.15, -0.1) is 0 Å². The molecule has 0 aromatic heterocycles. The van der Waals surface area contributed by atoms with Gasteiger partial charge in [0.05, 0.1) is 17.5 Å². The SMILES string of the molecule is Cc1ccc(C(=O)NCC(C)C)cc1NC1=NC2CS(=O)(=O)CC2S1. The van der Waals surface area contributed by atoms with Crippen LogP contribution >= 0.6 is 11.8 Å². The van der Waals surface area contributed by atoms with Gasteiger partial charge in [0.2, 0.25) is 0 Å². The summed E-state index contributed by atoms with van der Waals surface area (Å²) in [6.45, 7) is 6.70. The van der Waals surface area contributed by atoms with Crippen molar-refractivity contribution in [1.29, 1.82) is 0 Å². The van der Waals surface area contributed by atoms with E-state index >= 15 is 0 Å². The zero-order valence-electron chi connectivity index (χ0n) is 14.6. The second-order valence-electron chi connectivity index (χ2n) is 6.99. The summed E-state index contributed by atoms with van der Waals surface area (Å²) in [5.74, 6) is 0.618. The number of nitrogens with zero attached hydrogens (tertiary/aromatic N) is 1. The van der Waals surface area contributed by atoms with Crippen molar-refractivity contribution < 1.29 is 13.2 Å². The van der Waals surface area contributed by atoms with Crippen molar-refractivity contribution in [1.82, 2.24) is 5.32 Å². The molecule has 136 valence electrons.